The molecule has 0 aliphatic carbocycles. The minimum Gasteiger partial charge on any atom is -0.302 e. The molecule has 4 nitrogen and oxygen atoms in total. The number of aryl methyl sites for hydroxylation is 3. The summed E-state index contributed by atoms with van der Waals surface area (Å²) in [6.07, 6.45) is 5.19. The molecule has 0 aliphatic heterocycles. The summed E-state index contributed by atoms with van der Waals surface area (Å²) in [7, 11) is 0. The number of nitrogens with one attached hydrogen (secondary N) is 1. The highest BCUT2D eigenvalue weighted by molar-refractivity contribution is 7.11. The van der Waals surface area contributed by atoms with Gasteiger partial charge in [0.05, 0.1) is 17.9 Å². The van der Waals surface area contributed by atoms with Gasteiger partial charge in [-0.3, -0.25) is 4.68 Å². The van der Waals surface area contributed by atoms with Crippen LogP contribution >= 0.6 is 11.3 Å². The lowest BCUT2D eigenvalue weighted by Gasteiger charge is -2.18. The van der Waals surface area contributed by atoms with Crippen molar-refractivity contribution in [2.75, 3.05) is 0 Å². The standard InChI is InChI=1S/C15H24N4S/c1-6-7-19-9-13(8-16-19)14(17-10(2)3)15-18-11(4)12(5)20-15/h8-10,14,17H,6-7H2,1-5H3. The Kier molecular flexibility index (Phi) is 4.94. The summed E-state index contributed by atoms with van der Waals surface area (Å²) in [6.45, 7) is 11.7. The van der Waals surface area contributed by atoms with Crippen LogP contribution in [0.1, 0.15) is 54.4 Å². The molecular formula is C15H24N4S. The maximum atomic E-state index is 4.71. The molecule has 0 radical (unpaired) electrons. The molecule has 2 aromatic rings. The SMILES string of the molecule is CCCn1cc(C(NC(C)C)c2nc(C)c(C)s2)cn1. The van der Waals surface area contributed by atoms with Gasteiger partial charge in [-0.2, -0.15) is 5.10 Å². The molecule has 0 bridgehead atoms. The Bertz CT molecular complexity index is 536. The van der Waals surface area contributed by atoms with Crippen molar-refractivity contribution in [1.29, 1.82) is 0 Å². The zero-order chi connectivity index (χ0) is 14.7. The smallest absolute Gasteiger partial charge is 0.115 e. The third kappa shape index (κ3) is 3.46. The summed E-state index contributed by atoms with van der Waals surface area (Å²) in [6, 6.07) is 0.539. The molecule has 0 saturated carbocycles. The molecule has 5 heteroatoms. The summed E-state index contributed by atoms with van der Waals surface area (Å²) >= 11 is 1.77. The van der Waals surface area contributed by atoms with E-state index in [4.69, 9.17) is 4.98 Å². The average molecular weight is 292 g/mol. The molecule has 1 atom stereocenters. The van der Waals surface area contributed by atoms with Crippen LogP contribution in [-0.2, 0) is 6.54 Å². The van der Waals surface area contributed by atoms with Crippen molar-refractivity contribution in [2.45, 2.75) is 59.7 Å². The van der Waals surface area contributed by atoms with Crippen molar-refractivity contribution >= 4 is 11.3 Å². The molecule has 2 aromatic heterocycles. The van der Waals surface area contributed by atoms with E-state index in [2.05, 4.69) is 51.2 Å². The fourth-order valence-corrected chi connectivity index (χ4v) is 3.16. The molecule has 20 heavy (non-hydrogen) atoms. The first-order valence-corrected chi connectivity index (χ1v) is 8.05. The molecule has 0 spiro atoms. The van der Waals surface area contributed by atoms with Gasteiger partial charge < -0.3 is 5.32 Å². The van der Waals surface area contributed by atoms with Gasteiger partial charge >= 0.3 is 0 Å². The first-order valence-electron chi connectivity index (χ1n) is 7.23. The fraction of sp³-hybridized carbons (Fsp3) is 0.600. The van der Waals surface area contributed by atoms with Gasteiger partial charge in [-0.25, -0.2) is 4.98 Å². The van der Waals surface area contributed by atoms with Crippen LogP contribution in [0.25, 0.3) is 0 Å². The zero-order valence-electron chi connectivity index (χ0n) is 13.0. The highest BCUT2D eigenvalue weighted by atomic mass is 32.1. The van der Waals surface area contributed by atoms with E-state index < -0.39 is 0 Å². The average Bonchev–Trinajstić information content (AvgIpc) is 2.95. The van der Waals surface area contributed by atoms with Crippen LogP contribution in [0.5, 0.6) is 0 Å². The number of thiazole rings is 1. The van der Waals surface area contributed by atoms with Crippen molar-refractivity contribution in [2.24, 2.45) is 0 Å². The Hall–Kier alpha value is -1.20. The largest absolute Gasteiger partial charge is 0.302 e. The fourth-order valence-electron chi connectivity index (χ4n) is 2.14. The van der Waals surface area contributed by atoms with E-state index in [1.54, 1.807) is 11.3 Å². The van der Waals surface area contributed by atoms with E-state index >= 15 is 0 Å². The predicted molar refractivity (Wildman–Crippen MR) is 84.2 cm³/mol. The lowest BCUT2D eigenvalue weighted by Crippen LogP contribution is -2.28. The Morgan fingerprint density at radius 3 is 2.65 bits per heavy atom. The second-order valence-electron chi connectivity index (χ2n) is 5.48. The molecule has 0 aromatic carbocycles. The highest BCUT2D eigenvalue weighted by Crippen LogP contribution is 2.28. The summed E-state index contributed by atoms with van der Waals surface area (Å²) in [5.74, 6) is 0. The van der Waals surface area contributed by atoms with Crippen LogP contribution in [0.4, 0.5) is 0 Å². The highest BCUT2D eigenvalue weighted by Gasteiger charge is 2.21. The van der Waals surface area contributed by atoms with Crippen molar-refractivity contribution < 1.29 is 0 Å². The van der Waals surface area contributed by atoms with Gasteiger partial charge in [-0.05, 0) is 34.1 Å². The van der Waals surface area contributed by atoms with Crippen molar-refractivity contribution in [1.82, 2.24) is 20.1 Å². The van der Waals surface area contributed by atoms with Crippen LogP contribution in [0.2, 0.25) is 0 Å². The van der Waals surface area contributed by atoms with Gasteiger partial charge in [0.25, 0.3) is 0 Å². The molecule has 2 heterocycles. The normalized spacial score (nSPS) is 13.1. The maximum Gasteiger partial charge on any atom is 0.115 e. The second kappa shape index (κ2) is 6.50. The number of rotatable bonds is 6. The number of nitrogens with zero attached hydrogens (tertiary/aromatic N) is 3. The van der Waals surface area contributed by atoms with Crippen LogP contribution in [-0.4, -0.2) is 20.8 Å². The third-order valence-electron chi connectivity index (χ3n) is 3.23. The molecule has 0 amide bonds. The van der Waals surface area contributed by atoms with Crippen LogP contribution in [0.3, 0.4) is 0 Å². The second-order valence-corrected chi connectivity index (χ2v) is 6.72. The van der Waals surface area contributed by atoms with Gasteiger partial charge in [0.2, 0.25) is 0 Å². The molecule has 1 N–H and O–H groups in total. The molecule has 0 saturated heterocycles. The van der Waals surface area contributed by atoms with Crippen LogP contribution < -0.4 is 5.32 Å². The van der Waals surface area contributed by atoms with Crippen molar-refractivity contribution in [3.8, 4) is 0 Å². The number of hydrogen-bond acceptors (Lipinski definition) is 4. The Labute approximate surface area is 125 Å². The summed E-state index contributed by atoms with van der Waals surface area (Å²) in [4.78, 5) is 6.00. The quantitative estimate of drug-likeness (QED) is 0.886. The van der Waals surface area contributed by atoms with Crippen molar-refractivity contribution in [3.63, 3.8) is 0 Å². The Morgan fingerprint density at radius 1 is 1.35 bits per heavy atom. The summed E-state index contributed by atoms with van der Waals surface area (Å²) < 4.78 is 2.01. The van der Waals surface area contributed by atoms with E-state index in [-0.39, 0.29) is 6.04 Å². The first-order chi connectivity index (χ1) is 9.51. The number of aromatic nitrogens is 3. The van der Waals surface area contributed by atoms with E-state index in [9.17, 15) is 0 Å². The van der Waals surface area contributed by atoms with E-state index in [1.807, 2.05) is 10.9 Å². The molecular weight excluding hydrogens is 268 g/mol. The topological polar surface area (TPSA) is 42.7 Å². The number of hydrogen-bond donors (Lipinski definition) is 1. The Morgan fingerprint density at radius 2 is 2.10 bits per heavy atom. The van der Waals surface area contributed by atoms with Gasteiger partial charge in [-0.1, -0.05) is 6.92 Å². The van der Waals surface area contributed by atoms with Gasteiger partial charge in [-0.15, -0.1) is 11.3 Å². The van der Waals surface area contributed by atoms with E-state index in [0.29, 0.717) is 6.04 Å². The van der Waals surface area contributed by atoms with Gasteiger partial charge in [0.15, 0.2) is 0 Å². The lowest BCUT2D eigenvalue weighted by molar-refractivity contribution is 0.525. The van der Waals surface area contributed by atoms with Gasteiger partial charge in [0, 0.05) is 29.2 Å². The predicted octanol–water partition coefficient (Wildman–Crippen LogP) is 3.45. The zero-order valence-corrected chi connectivity index (χ0v) is 13.8. The minimum absolute atomic E-state index is 0.137. The monoisotopic (exact) mass is 292 g/mol. The van der Waals surface area contributed by atoms with Crippen LogP contribution in [0, 0.1) is 13.8 Å². The maximum absolute atomic E-state index is 4.71. The molecule has 2 rings (SSSR count). The molecule has 1 unspecified atom stereocenters. The summed E-state index contributed by atoms with van der Waals surface area (Å²) in [5.41, 5.74) is 2.32. The third-order valence-corrected chi connectivity index (χ3v) is 4.37. The van der Waals surface area contributed by atoms with Crippen molar-refractivity contribution in [3.05, 3.63) is 33.5 Å². The molecule has 110 valence electrons. The van der Waals surface area contributed by atoms with Crippen LogP contribution in [0.15, 0.2) is 12.4 Å². The first kappa shape index (κ1) is 15.2. The van der Waals surface area contributed by atoms with Gasteiger partial charge in [0.1, 0.15) is 5.01 Å². The van der Waals surface area contributed by atoms with E-state index in [0.717, 1.165) is 23.7 Å². The molecule has 0 aliphatic rings. The molecule has 0 fully saturated rings. The summed E-state index contributed by atoms with van der Waals surface area (Å²) in [5, 5.41) is 9.17. The van der Waals surface area contributed by atoms with E-state index in [1.165, 1.54) is 10.4 Å². The minimum atomic E-state index is 0.137. The lowest BCUT2D eigenvalue weighted by atomic mass is 10.1. The Balaban J connectivity index is 2.30.